The summed E-state index contributed by atoms with van der Waals surface area (Å²) in [5.74, 6) is -3.85. The lowest BCUT2D eigenvalue weighted by Gasteiger charge is -2.26. The minimum atomic E-state index is -1.22. The Balaban J connectivity index is 5.08. The van der Waals surface area contributed by atoms with Crippen LogP contribution in [0.25, 0.3) is 0 Å². The van der Waals surface area contributed by atoms with Gasteiger partial charge in [-0.15, -0.1) is 0 Å². The standard InChI is InChI=1S/C15H27N5O6/c1-7(2)12(20-14(25)10(6-21)18-8(3)22)15(26)19-9(13(17)24)4-5-11(16)23/h7,9-10,12,21H,4-6H2,1-3H3,(H2,16,23)(H2,17,24)(H,18,22)(H,19,26)(H,20,25)/t9-,10-,12-/m0/s1. The summed E-state index contributed by atoms with van der Waals surface area (Å²) in [5, 5.41) is 16.2. The maximum atomic E-state index is 12.4. The zero-order valence-electron chi connectivity index (χ0n) is 15.1. The molecular weight excluding hydrogens is 346 g/mol. The zero-order valence-corrected chi connectivity index (χ0v) is 15.1. The Kier molecular flexibility index (Phi) is 9.89. The number of carbonyl (C=O) groups is 5. The Labute approximate surface area is 151 Å². The van der Waals surface area contributed by atoms with Crippen LogP contribution in [0.5, 0.6) is 0 Å². The first kappa shape index (κ1) is 23.3. The van der Waals surface area contributed by atoms with E-state index in [0.717, 1.165) is 0 Å². The van der Waals surface area contributed by atoms with Crippen LogP contribution in [0, 0.1) is 5.92 Å². The number of primary amides is 2. The number of nitrogens with two attached hydrogens (primary N) is 2. The van der Waals surface area contributed by atoms with Crippen LogP contribution in [0.1, 0.15) is 33.6 Å². The number of hydrogen-bond donors (Lipinski definition) is 6. The van der Waals surface area contributed by atoms with Crippen LogP contribution < -0.4 is 27.4 Å². The number of carbonyl (C=O) groups excluding carboxylic acids is 5. The van der Waals surface area contributed by atoms with Crippen LogP contribution in [0.15, 0.2) is 0 Å². The highest BCUT2D eigenvalue weighted by Gasteiger charge is 2.30. The van der Waals surface area contributed by atoms with Crippen molar-refractivity contribution in [3.63, 3.8) is 0 Å². The molecule has 0 radical (unpaired) electrons. The van der Waals surface area contributed by atoms with Gasteiger partial charge in [0.25, 0.3) is 0 Å². The number of rotatable bonds is 11. The maximum absolute atomic E-state index is 12.4. The Morgan fingerprint density at radius 3 is 1.88 bits per heavy atom. The molecule has 0 unspecified atom stereocenters. The fourth-order valence-electron chi connectivity index (χ4n) is 2.06. The van der Waals surface area contributed by atoms with E-state index in [9.17, 15) is 29.1 Å². The van der Waals surface area contributed by atoms with Gasteiger partial charge in [0.05, 0.1) is 6.61 Å². The summed E-state index contributed by atoms with van der Waals surface area (Å²) < 4.78 is 0. The smallest absolute Gasteiger partial charge is 0.245 e. The highest BCUT2D eigenvalue weighted by molar-refractivity contribution is 5.94. The van der Waals surface area contributed by atoms with E-state index in [-0.39, 0.29) is 18.8 Å². The second-order valence-corrected chi connectivity index (χ2v) is 6.13. The molecule has 0 saturated carbocycles. The van der Waals surface area contributed by atoms with Gasteiger partial charge in [0, 0.05) is 13.3 Å². The molecule has 0 aromatic rings. The van der Waals surface area contributed by atoms with E-state index in [4.69, 9.17) is 11.5 Å². The SMILES string of the molecule is CC(=O)N[C@@H](CO)C(=O)N[C@H](C(=O)N[C@@H](CCC(N)=O)C(N)=O)C(C)C. The highest BCUT2D eigenvalue weighted by Crippen LogP contribution is 2.05. The molecular formula is C15H27N5O6. The molecule has 0 aromatic heterocycles. The molecule has 26 heavy (non-hydrogen) atoms. The van der Waals surface area contributed by atoms with Gasteiger partial charge in [-0.3, -0.25) is 24.0 Å². The van der Waals surface area contributed by atoms with Gasteiger partial charge in [-0.05, 0) is 12.3 Å². The van der Waals surface area contributed by atoms with Gasteiger partial charge in [-0.2, -0.15) is 0 Å². The molecule has 0 saturated heterocycles. The summed E-state index contributed by atoms with van der Waals surface area (Å²) in [6, 6.07) is -3.40. The minimum absolute atomic E-state index is 0.0691. The van der Waals surface area contributed by atoms with Crippen molar-refractivity contribution in [2.45, 2.75) is 51.7 Å². The molecule has 0 spiro atoms. The molecule has 0 fully saturated rings. The van der Waals surface area contributed by atoms with Crippen LogP contribution in [0.4, 0.5) is 0 Å². The van der Waals surface area contributed by atoms with Crippen LogP contribution >= 0.6 is 0 Å². The van der Waals surface area contributed by atoms with Gasteiger partial charge in [0.2, 0.25) is 29.5 Å². The van der Waals surface area contributed by atoms with Crippen molar-refractivity contribution < 1.29 is 29.1 Å². The molecule has 0 heterocycles. The number of nitrogens with one attached hydrogen (secondary N) is 3. The van der Waals surface area contributed by atoms with Crippen molar-refractivity contribution in [1.82, 2.24) is 16.0 Å². The lowest BCUT2D eigenvalue weighted by Crippen LogP contribution is -2.58. The van der Waals surface area contributed by atoms with E-state index in [1.165, 1.54) is 6.92 Å². The van der Waals surface area contributed by atoms with Gasteiger partial charge in [-0.1, -0.05) is 13.8 Å². The largest absolute Gasteiger partial charge is 0.394 e. The van der Waals surface area contributed by atoms with Gasteiger partial charge in [0.1, 0.15) is 18.1 Å². The first-order valence-electron chi connectivity index (χ1n) is 8.05. The van der Waals surface area contributed by atoms with Crippen LogP contribution in [0.3, 0.4) is 0 Å². The molecule has 0 aromatic carbocycles. The predicted molar refractivity (Wildman–Crippen MR) is 91.0 cm³/mol. The Morgan fingerprint density at radius 1 is 0.923 bits per heavy atom. The summed E-state index contributed by atoms with van der Waals surface area (Å²) in [7, 11) is 0. The Hall–Kier alpha value is -2.69. The molecule has 11 heteroatoms. The first-order chi connectivity index (χ1) is 12.0. The van der Waals surface area contributed by atoms with E-state index >= 15 is 0 Å². The lowest BCUT2D eigenvalue weighted by atomic mass is 10.0. The van der Waals surface area contributed by atoms with Crippen molar-refractivity contribution in [2.75, 3.05) is 6.61 Å². The summed E-state index contributed by atoms with van der Waals surface area (Å²) in [6.45, 7) is 3.83. The van der Waals surface area contributed by atoms with Crippen LogP contribution in [-0.4, -0.2) is 59.4 Å². The summed E-state index contributed by atoms with van der Waals surface area (Å²) in [6.07, 6.45) is -0.220. The van der Waals surface area contributed by atoms with Crippen molar-refractivity contribution in [1.29, 1.82) is 0 Å². The fourth-order valence-corrected chi connectivity index (χ4v) is 2.06. The minimum Gasteiger partial charge on any atom is -0.394 e. The molecule has 0 rings (SSSR count). The van der Waals surface area contributed by atoms with Crippen molar-refractivity contribution in [2.24, 2.45) is 17.4 Å². The number of aliphatic hydroxyl groups is 1. The molecule has 5 amide bonds. The average Bonchev–Trinajstić information content (AvgIpc) is 2.52. The van der Waals surface area contributed by atoms with E-state index in [1.807, 2.05) is 0 Å². The monoisotopic (exact) mass is 373 g/mol. The zero-order chi connectivity index (χ0) is 20.4. The second kappa shape index (κ2) is 11.0. The highest BCUT2D eigenvalue weighted by atomic mass is 16.3. The molecule has 148 valence electrons. The summed E-state index contributed by atoms with van der Waals surface area (Å²) in [4.78, 5) is 57.9. The lowest BCUT2D eigenvalue weighted by molar-refractivity contribution is -0.134. The van der Waals surface area contributed by atoms with Gasteiger partial charge in [0.15, 0.2) is 0 Å². The number of amides is 5. The third-order valence-electron chi connectivity index (χ3n) is 3.46. The first-order valence-corrected chi connectivity index (χ1v) is 8.05. The summed E-state index contributed by atoms with van der Waals surface area (Å²) in [5.41, 5.74) is 10.2. The van der Waals surface area contributed by atoms with Gasteiger partial charge < -0.3 is 32.5 Å². The quantitative estimate of drug-likeness (QED) is 0.221. The molecule has 11 nitrogen and oxygen atoms in total. The molecule has 8 N–H and O–H groups in total. The van der Waals surface area contributed by atoms with Crippen molar-refractivity contribution in [3.8, 4) is 0 Å². The maximum Gasteiger partial charge on any atom is 0.245 e. The van der Waals surface area contributed by atoms with Crippen molar-refractivity contribution >= 4 is 29.5 Å². The topological polar surface area (TPSA) is 194 Å². The predicted octanol–water partition coefficient (Wildman–Crippen LogP) is -3.14. The second-order valence-electron chi connectivity index (χ2n) is 6.13. The third-order valence-corrected chi connectivity index (χ3v) is 3.46. The van der Waals surface area contributed by atoms with E-state index in [1.54, 1.807) is 13.8 Å². The average molecular weight is 373 g/mol. The summed E-state index contributed by atoms with van der Waals surface area (Å²) >= 11 is 0. The van der Waals surface area contributed by atoms with E-state index in [0.29, 0.717) is 0 Å². The Bertz CT molecular complexity index is 551. The molecule has 3 atom stereocenters. The normalized spacial score (nSPS) is 14.0. The molecule has 0 aliphatic carbocycles. The molecule has 0 aliphatic heterocycles. The number of hydrogen-bond acceptors (Lipinski definition) is 6. The van der Waals surface area contributed by atoms with E-state index in [2.05, 4.69) is 16.0 Å². The number of aliphatic hydroxyl groups excluding tert-OH is 1. The van der Waals surface area contributed by atoms with Crippen LogP contribution in [0.2, 0.25) is 0 Å². The van der Waals surface area contributed by atoms with Gasteiger partial charge in [-0.25, -0.2) is 0 Å². The fraction of sp³-hybridized carbons (Fsp3) is 0.667. The van der Waals surface area contributed by atoms with Crippen molar-refractivity contribution in [3.05, 3.63) is 0 Å². The van der Waals surface area contributed by atoms with Gasteiger partial charge >= 0.3 is 0 Å². The van der Waals surface area contributed by atoms with Crippen LogP contribution in [-0.2, 0) is 24.0 Å². The Morgan fingerprint density at radius 2 is 1.50 bits per heavy atom. The molecule has 0 aliphatic rings. The molecule has 0 bridgehead atoms. The van der Waals surface area contributed by atoms with E-state index < -0.39 is 54.3 Å². The third kappa shape index (κ3) is 8.42.